The maximum absolute atomic E-state index is 12.2. The number of hydrogen-bond acceptors (Lipinski definition) is 3. The van der Waals surface area contributed by atoms with Gasteiger partial charge in [-0.05, 0) is 24.6 Å². The highest BCUT2D eigenvalue weighted by atomic mass is 79.9. The highest BCUT2D eigenvalue weighted by Crippen LogP contribution is 2.17. The van der Waals surface area contributed by atoms with Crippen molar-refractivity contribution in [1.29, 1.82) is 0 Å². The Morgan fingerprint density at radius 2 is 1.91 bits per heavy atom. The Bertz CT molecular complexity index is 581. The van der Waals surface area contributed by atoms with Crippen LogP contribution in [0.2, 0.25) is 0 Å². The van der Waals surface area contributed by atoms with Crippen LogP contribution in [0.1, 0.15) is 12.5 Å². The number of amides is 2. The van der Waals surface area contributed by atoms with Gasteiger partial charge >= 0.3 is 0 Å². The Balaban J connectivity index is 1.82. The molecule has 1 saturated heterocycles. The largest absolute Gasteiger partial charge is 0.355 e. The lowest BCUT2D eigenvalue weighted by Gasteiger charge is -2.33. The minimum atomic E-state index is 0.0124. The number of rotatable bonds is 5. The molecule has 0 saturated carbocycles. The smallest absolute Gasteiger partial charge is 0.246 e. The van der Waals surface area contributed by atoms with Crippen molar-refractivity contribution in [3.8, 4) is 0 Å². The van der Waals surface area contributed by atoms with Crippen molar-refractivity contribution in [3.63, 3.8) is 0 Å². The van der Waals surface area contributed by atoms with Gasteiger partial charge in [0, 0.05) is 43.3 Å². The van der Waals surface area contributed by atoms with E-state index in [2.05, 4.69) is 26.1 Å². The average Bonchev–Trinajstić information content (AvgIpc) is 2.55. The Labute approximate surface area is 145 Å². The van der Waals surface area contributed by atoms with Gasteiger partial charge in [0.25, 0.3) is 0 Å². The van der Waals surface area contributed by atoms with Crippen molar-refractivity contribution in [2.24, 2.45) is 0 Å². The van der Waals surface area contributed by atoms with Crippen molar-refractivity contribution >= 4 is 33.8 Å². The molecule has 0 atom stereocenters. The lowest BCUT2D eigenvalue weighted by Crippen LogP contribution is -2.50. The molecule has 2 rings (SSSR count). The van der Waals surface area contributed by atoms with Gasteiger partial charge in [-0.1, -0.05) is 34.1 Å². The second-order valence-corrected chi connectivity index (χ2v) is 6.26. The summed E-state index contributed by atoms with van der Waals surface area (Å²) in [6, 6.07) is 7.79. The summed E-state index contributed by atoms with van der Waals surface area (Å²) in [6.45, 7) is 5.72. The fraction of sp³-hybridized carbons (Fsp3) is 0.412. The maximum atomic E-state index is 12.2. The summed E-state index contributed by atoms with van der Waals surface area (Å²) in [5, 5.41) is 2.79. The van der Waals surface area contributed by atoms with Crippen LogP contribution < -0.4 is 5.32 Å². The average molecular weight is 380 g/mol. The SMILES string of the molecule is CCNC(=O)CN1CCN(C(=O)/C=C/c2ccccc2Br)CC1. The van der Waals surface area contributed by atoms with Gasteiger partial charge in [-0.3, -0.25) is 14.5 Å². The number of likely N-dealkylation sites (N-methyl/N-ethyl adjacent to an activating group) is 1. The van der Waals surface area contributed by atoms with Crippen LogP contribution in [0.4, 0.5) is 0 Å². The Morgan fingerprint density at radius 3 is 2.57 bits per heavy atom. The van der Waals surface area contributed by atoms with Crippen LogP contribution >= 0.6 is 15.9 Å². The van der Waals surface area contributed by atoms with E-state index in [4.69, 9.17) is 0 Å². The Morgan fingerprint density at radius 1 is 1.22 bits per heavy atom. The molecular formula is C17H22BrN3O2. The quantitative estimate of drug-likeness (QED) is 0.792. The van der Waals surface area contributed by atoms with Gasteiger partial charge in [0.15, 0.2) is 0 Å². The minimum absolute atomic E-state index is 0.0124. The zero-order chi connectivity index (χ0) is 16.7. The Kier molecular flexibility index (Phi) is 6.80. The first kappa shape index (κ1) is 17.7. The summed E-state index contributed by atoms with van der Waals surface area (Å²) in [5.41, 5.74) is 0.982. The third-order valence-electron chi connectivity index (χ3n) is 3.74. The summed E-state index contributed by atoms with van der Waals surface area (Å²) >= 11 is 3.47. The molecule has 23 heavy (non-hydrogen) atoms. The predicted octanol–water partition coefficient (Wildman–Crippen LogP) is 1.74. The van der Waals surface area contributed by atoms with Crippen molar-refractivity contribution in [1.82, 2.24) is 15.1 Å². The van der Waals surface area contributed by atoms with E-state index >= 15 is 0 Å². The molecule has 1 aliphatic rings. The number of halogens is 1. The molecule has 2 amide bonds. The van der Waals surface area contributed by atoms with E-state index in [1.54, 1.807) is 6.08 Å². The molecule has 0 radical (unpaired) electrons. The topological polar surface area (TPSA) is 52.7 Å². The zero-order valence-electron chi connectivity index (χ0n) is 13.3. The fourth-order valence-electron chi connectivity index (χ4n) is 2.46. The van der Waals surface area contributed by atoms with Gasteiger partial charge in [-0.2, -0.15) is 0 Å². The lowest BCUT2D eigenvalue weighted by molar-refractivity contribution is -0.128. The molecule has 5 nitrogen and oxygen atoms in total. The highest BCUT2D eigenvalue weighted by molar-refractivity contribution is 9.10. The van der Waals surface area contributed by atoms with Crippen LogP contribution in [0.25, 0.3) is 6.08 Å². The molecule has 1 aliphatic heterocycles. The van der Waals surface area contributed by atoms with Crippen LogP contribution in [-0.4, -0.2) is 60.9 Å². The third kappa shape index (κ3) is 5.48. The normalized spacial score (nSPS) is 15.8. The maximum Gasteiger partial charge on any atom is 0.246 e. The molecule has 1 N–H and O–H groups in total. The van der Waals surface area contributed by atoms with Crippen LogP contribution in [0.5, 0.6) is 0 Å². The van der Waals surface area contributed by atoms with E-state index in [-0.39, 0.29) is 11.8 Å². The molecule has 0 unspecified atom stereocenters. The molecule has 6 heteroatoms. The van der Waals surface area contributed by atoms with Gasteiger partial charge in [0.1, 0.15) is 0 Å². The zero-order valence-corrected chi connectivity index (χ0v) is 14.9. The minimum Gasteiger partial charge on any atom is -0.355 e. The van der Waals surface area contributed by atoms with E-state index in [1.807, 2.05) is 42.2 Å². The first-order valence-electron chi connectivity index (χ1n) is 7.80. The molecule has 1 aromatic carbocycles. The molecule has 1 fully saturated rings. The van der Waals surface area contributed by atoms with Gasteiger partial charge in [0.2, 0.25) is 11.8 Å². The van der Waals surface area contributed by atoms with Gasteiger partial charge in [-0.15, -0.1) is 0 Å². The third-order valence-corrected chi connectivity index (χ3v) is 4.46. The first-order valence-corrected chi connectivity index (χ1v) is 8.60. The molecular weight excluding hydrogens is 358 g/mol. The lowest BCUT2D eigenvalue weighted by atomic mass is 10.2. The molecule has 0 aromatic heterocycles. The molecule has 0 aliphatic carbocycles. The summed E-state index contributed by atoms with van der Waals surface area (Å²) in [7, 11) is 0. The second-order valence-electron chi connectivity index (χ2n) is 5.41. The first-order chi connectivity index (χ1) is 11.1. The van der Waals surface area contributed by atoms with E-state index in [1.165, 1.54) is 0 Å². The molecule has 1 heterocycles. The number of nitrogens with one attached hydrogen (secondary N) is 1. The number of carbonyl (C=O) groups excluding carboxylic acids is 2. The van der Waals surface area contributed by atoms with E-state index in [0.29, 0.717) is 26.2 Å². The van der Waals surface area contributed by atoms with Gasteiger partial charge in [-0.25, -0.2) is 0 Å². The highest BCUT2D eigenvalue weighted by Gasteiger charge is 2.20. The summed E-state index contributed by atoms with van der Waals surface area (Å²) < 4.78 is 0.968. The number of piperazine rings is 1. The van der Waals surface area contributed by atoms with Crippen molar-refractivity contribution in [3.05, 3.63) is 40.4 Å². The van der Waals surface area contributed by atoms with E-state index < -0.39 is 0 Å². The molecule has 0 spiro atoms. The number of benzene rings is 1. The number of nitrogens with zero attached hydrogens (tertiary/aromatic N) is 2. The van der Waals surface area contributed by atoms with Gasteiger partial charge < -0.3 is 10.2 Å². The summed E-state index contributed by atoms with van der Waals surface area (Å²) in [5.74, 6) is 0.0551. The standard InChI is InChI=1S/C17H22BrN3O2/c1-2-19-16(22)13-20-9-11-21(12-10-20)17(23)8-7-14-5-3-4-6-15(14)18/h3-8H,2,9-13H2,1H3,(H,19,22)/b8-7+. The van der Waals surface area contributed by atoms with Crippen molar-refractivity contribution < 1.29 is 9.59 Å². The van der Waals surface area contributed by atoms with Crippen LogP contribution in [-0.2, 0) is 9.59 Å². The second kappa shape index (κ2) is 8.84. The van der Waals surface area contributed by atoms with Crippen LogP contribution in [0, 0.1) is 0 Å². The van der Waals surface area contributed by atoms with E-state index in [9.17, 15) is 9.59 Å². The fourth-order valence-corrected chi connectivity index (χ4v) is 2.88. The predicted molar refractivity (Wildman–Crippen MR) is 94.9 cm³/mol. The number of carbonyl (C=O) groups is 2. The van der Waals surface area contributed by atoms with Gasteiger partial charge in [0.05, 0.1) is 6.54 Å². The van der Waals surface area contributed by atoms with Crippen molar-refractivity contribution in [2.75, 3.05) is 39.3 Å². The van der Waals surface area contributed by atoms with E-state index in [0.717, 1.165) is 23.1 Å². The van der Waals surface area contributed by atoms with Crippen LogP contribution in [0.15, 0.2) is 34.8 Å². The van der Waals surface area contributed by atoms with Crippen LogP contribution in [0.3, 0.4) is 0 Å². The number of hydrogen-bond donors (Lipinski definition) is 1. The van der Waals surface area contributed by atoms with Crippen molar-refractivity contribution in [2.45, 2.75) is 6.92 Å². The molecule has 124 valence electrons. The summed E-state index contributed by atoms with van der Waals surface area (Å²) in [6.07, 6.45) is 3.44. The summed E-state index contributed by atoms with van der Waals surface area (Å²) in [4.78, 5) is 27.7. The Hall–Kier alpha value is -1.66. The monoisotopic (exact) mass is 379 g/mol. The molecule has 0 bridgehead atoms. The molecule has 1 aromatic rings.